The number of amides is 1. The molecule has 2 atom stereocenters. The minimum atomic E-state index is 0. The topological polar surface area (TPSA) is 23.6 Å². The van der Waals surface area contributed by atoms with Crippen molar-refractivity contribution in [2.24, 2.45) is 0 Å². The van der Waals surface area contributed by atoms with Crippen LogP contribution in [0.25, 0.3) is 0 Å². The molecule has 3 nitrogen and oxygen atoms in total. The minimum Gasteiger partial charge on any atom is -0.308 e. The number of carbonyl (C=O) groups excluding carboxylic acids is 1. The van der Waals surface area contributed by atoms with E-state index in [1.165, 1.54) is 0 Å². The number of benzene rings is 1. The van der Waals surface area contributed by atoms with Crippen molar-refractivity contribution in [1.29, 1.82) is 0 Å². The van der Waals surface area contributed by atoms with Crippen LogP contribution in [0.2, 0.25) is 0 Å². The van der Waals surface area contributed by atoms with Crippen molar-refractivity contribution in [2.75, 3.05) is 19.0 Å². The Morgan fingerprint density at radius 1 is 1.24 bits per heavy atom. The van der Waals surface area contributed by atoms with Gasteiger partial charge in [-0.2, -0.15) is 0 Å². The van der Waals surface area contributed by atoms with Gasteiger partial charge in [-0.3, -0.25) is 9.69 Å². The molecule has 0 radical (unpaired) electrons. The van der Waals surface area contributed by atoms with Gasteiger partial charge >= 0.3 is 0 Å². The third-order valence-corrected chi connectivity index (χ3v) is 3.19. The molecular weight excluding hydrogens is 236 g/mol. The third kappa shape index (κ3) is 2.61. The molecule has 1 fully saturated rings. The number of para-hydroxylation sites is 1. The van der Waals surface area contributed by atoms with E-state index in [2.05, 4.69) is 6.92 Å². The second-order valence-corrected chi connectivity index (χ2v) is 4.61. The Kier molecular flexibility index (Phi) is 4.54. The molecule has 1 saturated heterocycles. The van der Waals surface area contributed by atoms with Crippen LogP contribution in [0.3, 0.4) is 0 Å². The highest BCUT2D eigenvalue weighted by Gasteiger charge is 2.38. The Balaban J connectivity index is 0.00000144. The van der Waals surface area contributed by atoms with Gasteiger partial charge in [0.15, 0.2) is 0 Å². The lowest BCUT2D eigenvalue weighted by atomic mass is 10.2. The summed E-state index contributed by atoms with van der Waals surface area (Å²) in [6.07, 6.45) is 0.903. The third-order valence-electron chi connectivity index (χ3n) is 3.19. The molecule has 0 spiro atoms. The maximum atomic E-state index is 12.2. The summed E-state index contributed by atoms with van der Waals surface area (Å²) in [5.41, 5.74) is 1.00. The molecule has 0 aliphatic carbocycles. The van der Waals surface area contributed by atoms with Crippen molar-refractivity contribution in [1.82, 2.24) is 4.90 Å². The molecule has 94 valence electrons. The van der Waals surface area contributed by atoms with Crippen molar-refractivity contribution >= 4 is 24.0 Å². The largest absolute Gasteiger partial charge is 0.308 e. The van der Waals surface area contributed by atoms with Crippen LogP contribution in [0.4, 0.5) is 5.69 Å². The number of anilines is 1. The Bertz CT molecular complexity index is 380. The van der Waals surface area contributed by atoms with E-state index < -0.39 is 0 Å². The number of rotatable bonds is 2. The summed E-state index contributed by atoms with van der Waals surface area (Å²) >= 11 is 0. The molecule has 4 heteroatoms. The SMILES string of the molecule is C[C@H]1C[C@H](N(C)C)C(=O)N1c1ccccc1.Cl. The van der Waals surface area contributed by atoms with Crippen LogP contribution in [0, 0.1) is 0 Å². The van der Waals surface area contributed by atoms with Gasteiger partial charge in [0.2, 0.25) is 5.91 Å². The number of likely N-dealkylation sites (N-methyl/N-ethyl adjacent to an activating group) is 1. The minimum absolute atomic E-state index is 0. The standard InChI is InChI=1S/C13H18N2O.ClH/c1-10-9-12(14(2)3)13(16)15(10)11-7-5-4-6-8-11;/h4-8,10,12H,9H2,1-3H3;1H/t10-,12-;/m0./s1. The molecule has 0 saturated carbocycles. The van der Waals surface area contributed by atoms with Crippen LogP contribution < -0.4 is 4.90 Å². The summed E-state index contributed by atoms with van der Waals surface area (Å²) in [7, 11) is 3.92. The number of nitrogens with zero attached hydrogens (tertiary/aromatic N) is 2. The van der Waals surface area contributed by atoms with Crippen molar-refractivity contribution in [3.8, 4) is 0 Å². The van der Waals surface area contributed by atoms with Gasteiger partial charge in [-0.1, -0.05) is 18.2 Å². The van der Waals surface area contributed by atoms with Crippen LogP contribution in [0.15, 0.2) is 30.3 Å². The van der Waals surface area contributed by atoms with E-state index in [0.717, 1.165) is 12.1 Å². The van der Waals surface area contributed by atoms with Crippen LogP contribution in [-0.4, -0.2) is 37.0 Å². The van der Waals surface area contributed by atoms with Crippen molar-refractivity contribution in [2.45, 2.75) is 25.4 Å². The summed E-state index contributed by atoms with van der Waals surface area (Å²) in [4.78, 5) is 16.2. The lowest BCUT2D eigenvalue weighted by Gasteiger charge is -2.22. The molecule has 0 aromatic heterocycles. The zero-order chi connectivity index (χ0) is 11.7. The normalized spacial score (nSPS) is 24.0. The second-order valence-electron chi connectivity index (χ2n) is 4.61. The van der Waals surface area contributed by atoms with Gasteiger partial charge in [0.25, 0.3) is 0 Å². The molecule has 1 amide bonds. The van der Waals surface area contributed by atoms with Gasteiger partial charge in [0, 0.05) is 11.7 Å². The average molecular weight is 255 g/mol. The highest BCUT2D eigenvalue weighted by molar-refractivity contribution is 6.00. The number of hydrogen-bond acceptors (Lipinski definition) is 2. The number of halogens is 1. The molecule has 2 rings (SSSR count). The van der Waals surface area contributed by atoms with Crippen molar-refractivity contribution in [3.63, 3.8) is 0 Å². The fourth-order valence-corrected chi connectivity index (χ4v) is 2.31. The van der Waals surface area contributed by atoms with Crippen LogP contribution >= 0.6 is 12.4 Å². The molecule has 17 heavy (non-hydrogen) atoms. The highest BCUT2D eigenvalue weighted by atomic mass is 35.5. The fourth-order valence-electron chi connectivity index (χ4n) is 2.31. The Morgan fingerprint density at radius 2 is 1.82 bits per heavy atom. The maximum Gasteiger partial charge on any atom is 0.244 e. The summed E-state index contributed by atoms with van der Waals surface area (Å²) in [5.74, 6) is 0.212. The lowest BCUT2D eigenvalue weighted by Crippen LogP contribution is -2.38. The maximum absolute atomic E-state index is 12.2. The molecule has 1 aromatic carbocycles. The predicted octanol–water partition coefficient (Wildman–Crippen LogP) is 2.16. The molecule has 0 unspecified atom stereocenters. The first-order valence-corrected chi connectivity index (χ1v) is 5.66. The predicted molar refractivity (Wildman–Crippen MR) is 72.7 cm³/mol. The molecular formula is C13H19ClN2O. The summed E-state index contributed by atoms with van der Waals surface area (Å²) in [6, 6.07) is 10.2. The zero-order valence-corrected chi connectivity index (χ0v) is 11.3. The van der Waals surface area contributed by atoms with E-state index in [0.29, 0.717) is 0 Å². The van der Waals surface area contributed by atoms with E-state index in [1.807, 2.05) is 54.2 Å². The fraction of sp³-hybridized carbons (Fsp3) is 0.462. The van der Waals surface area contributed by atoms with Crippen LogP contribution in [0.1, 0.15) is 13.3 Å². The number of hydrogen-bond donors (Lipinski definition) is 0. The smallest absolute Gasteiger partial charge is 0.244 e. The molecule has 1 aliphatic rings. The van der Waals surface area contributed by atoms with Crippen LogP contribution in [-0.2, 0) is 4.79 Å². The van der Waals surface area contributed by atoms with Gasteiger partial charge in [0.05, 0.1) is 6.04 Å². The van der Waals surface area contributed by atoms with E-state index in [1.54, 1.807) is 0 Å². The van der Waals surface area contributed by atoms with E-state index in [-0.39, 0.29) is 30.4 Å². The zero-order valence-electron chi connectivity index (χ0n) is 10.5. The Morgan fingerprint density at radius 3 is 2.29 bits per heavy atom. The quantitative estimate of drug-likeness (QED) is 0.808. The van der Waals surface area contributed by atoms with Gasteiger partial charge in [-0.05, 0) is 39.6 Å². The summed E-state index contributed by atoms with van der Waals surface area (Å²) < 4.78 is 0. The van der Waals surface area contributed by atoms with Crippen molar-refractivity contribution in [3.05, 3.63) is 30.3 Å². The van der Waals surface area contributed by atoms with Crippen LogP contribution in [0.5, 0.6) is 0 Å². The molecule has 0 N–H and O–H groups in total. The lowest BCUT2D eigenvalue weighted by molar-refractivity contribution is -0.120. The van der Waals surface area contributed by atoms with E-state index in [4.69, 9.17) is 0 Å². The second kappa shape index (κ2) is 5.52. The summed E-state index contributed by atoms with van der Waals surface area (Å²) in [6.45, 7) is 2.11. The average Bonchev–Trinajstić information content (AvgIpc) is 2.56. The first kappa shape index (κ1) is 14.0. The van der Waals surface area contributed by atoms with Gasteiger partial charge < -0.3 is 4.90 Å². The molecule has 0 bridgehead atoms. The Labute approximate surface area is 109 Å². The monoisotopic (exact) mass is 254 g/mol. The molecule has 1 heterocycles. The number of carbonyl (C=O) groups is 1. The highest BCUT2D eigenvalue weighted by Crippen LogP contribution is 2.27. The van der Waals surface area contributed by atoms with Gasteiger partial charge in [0.1, 0.15) is 0 Å². The van der Waals surface area contributed by atoms with Gasteiger partial charge in [-0.25, -0.2) is 0 Å². The van der Waals surface area contributed by atoms with E-state index >= 15 is 0 Å². The first-order chi connectivity index (χ1) is 7.61. The van der Waals surface area contributed by atoms with E-state index in [9.17, 15) is 4.79 Å². The molecule has 1 aliphatic heterocycles. The Hall–Kier alpha value is -1.06. The first-order valence-electron chi connectivity index (χ1n) is 5.66. The molecule has 1 aromatic rings. The van der Waals surface area contributed by atoms with Crippen molar-refractivity contribution < 1.29 is 4.79 Å². The van der Waals surface area contributed by atoms with Gasteiger partial charge in [-0.15, -0.1) is 12.4 Å². The summed E-state index contributed by atoms with van der Waals surface area (Å²) in [5, 5.41) is 0.